The number of morpholine rings is 1. The molecule has 3 aliphatic heterocycles. The third-order valence-corrected chi connectivity index (χ3v) is 11.8. The minimum absolute atomic E-state index is 0.116. The molecule has 0 radical (unpaired) electrons. The number of amides is 1. The number of piperidine rings is 1. The number of aromatic nitrogens is 3. The second-order valence-electron chi connectivity index (χ2n) is 13.8. The molecule has 1 amide bonds. The van der Waals surface area contributed by atoms with E-state index in [1.807, 2.05) is 0 Å². The molecular formula is C35H46FN7O6S. The molecule has 2 aromatic heterocycles. The summed E-state index contributed by atoms with van der Waals surface area (Å²) < 4.78 is 54.4. The van der Waals surface area contributed by atoms with Gasteiger partial charge in [-0.1, -0.05) is 0 Å². The topological polar surface area (TPSA) is 148 Å². The number of fused-ring (bicyclic) bond motifs is 1. The van der Waals surface area contributed by atoms with Crippen LogP contribution in [0.1, 0.15) is 69.8 Å². The van der Waals surface area contributed by atoms with Gasteiger partial charge in [0.2, 0.25) is 21.9 Å². The molecule has 1 aromatic carbocycles. The van der Waals surface area contributed by atoms with E-state index in [9.17, 15) is 13.2 Å². The monoisotopic (exact) mass is 711 g/mol. The summed E-state index contributed by atoms with van der Waals surface area (Å²) in [6, 6.07) is 4.72. The van der Waals surface area contributed by atoms with Crippen molar-refractivity contribution in [2.75, 3.05) is 55.6 Å². The Morgan fingerprint density at radius 3 is 2.56 bits per heavy atom. The molecule has 50 heavy (non-hydrogen) atoms. The van der Waals surface area contributed by atoms with E-state index >= 15 is 4.39 Å². The molecule has 7 rings (SSSR count). The second kappa shape index (κ2) is 15.8. The molecule has 1 atom stereocenters. The number of hydrogen-bond acceptors (Lipinski definition) is 11. The molecule has 3 aromatic rings. The normalized spacial score (nSPS) is 21.0. The minimum Gasteiger partial charge on any atom is -0.378 e. The number of carbonyl (C=O) groups excluding carboxylic acids is 1. The van der Waals surface area contributed by atoms with Gasteiger partial charge in [0, 0.05) is 56.2 Å². The summed E-state index contributed by atoms with van der Waals surface area (Å²) in [4.78, 5) is 36.3. The smallest absolute Gasteiger partial charge is 0.243 e. The molecule has 0 spiro atoms. The van der Waals surface area contributed by atoms with E-state index in [0.717, 1.165) is 63.6 Å². The van der Waals surface area contributed by atoms with Crippen LogP contribution in [0.5, 0.6) is 0 Å². The quantitative estimate of drug-likeness (QED) is 0.241. The van der Waals surface area contributed by atoms with E-state index in [4.69, 9.17) is 24.3 Å². The molecule has 4 fully saturated rings. The van der Waals surface area contributed by atoms with Crippen LogP contribution in [-0.2, 0) is 35.7 Å². The number of pyridine rings is 1. The lowest BCUT2D eigenvalue weighted by molar-refractivity contribution is -0.200. The summed E-state index contributed by atoms with van der Waals surface area (Å²) in [6.45, 7) is 5.26. The minimum atomic E-state index is -3.49. The van der Waals surface area contributed by atoms with Crippen LogP contribution >= 0.6 is 0 Å². The predicted molar refractivity (Wildman–Crippen MR) is 186 cm³/mol. The highest BCUT2D eigenvalue weighted by Crippen LogP contribution is 2.35. The number of nitrogens with one attached hydrogen (secondary N) is 2. The van der Waals surface area contributed by atoms with Crippen molar-refractivity contribution >= 4 is 38.5 Å². The Bertz CT molecular complexity index is 1760. The van der Waals surface area contributed by atoms with Gasteiger partial charge >= 0.3 is 0 Å². The molecule has 13 nitrogen and oxygen atoms in total. The summed E-state index contributed by atoms with van der Waals surface area (Å²) in [5, 5.41) is 0.169. The molecule has 15 heteroatoms. The summed E-state index contributed by atoms with van der Waals surface area (Å²) >= 11 is 0. The van der Waals surface area contributed by atoms with E-state index in [1.54, 1.807) is 18.3 Å². The summed E-state index contributed by atoms with van der Waals surface area (Å²) in [5.74, 6) is 0.536. The largest absolute Gasteiger partial charge is 0.378 e. The number of carbonyl (C=O) groups is 1. The van der Waals surface area contributed by atoms with Crippen molar-refractivity contribution in [2.24, 2.45) is 5.92 Å². The number of nitrogens with zero attached hydrogens (tertiary/aromatic N) is 5. The predicted octanol–water partition coefficient (Wildman–Crippen LogP) is 4.53. The van der Waals surface area contributed by atoms with Gasteiger partial charge in [-0.05, 0) is 94.1 Å². The number of sulfonamides is 1. The Hall–Kier alpha value is -3.50. The fraction of sp³-hybridized carbons (Fsp3) is 0.600. The van der Waals surface area contributed by atoms with Crippen molar-refractivity contribution in [3.63, 3.8) is 0 Å². The lowest BCUT2D eigenvalue weighted by Crippen LogP contribution is -2.37. The van der Waals surface area contributed by atoms with Crippen LogP contribution in [0.3, 0.4) is 0 Å². The van der Waals surface area contributed by atoms with Crippen molar-refractivity contribution in [2.45, 2.75) is 82.3 Å². The molecular weight excluding hydrogens is 665 g/mol. The summed E-state index contributed by atoms with van der Waals surface area (Å²) in [6.07, 6.45) is 11.1. The summed E-state index contributed by atoms with van der Waals surface area (Å²) in [5.41, 5.74) is 5.40. The van der Waals surface area contributed by atoms with Gasteiger partial charge in [0.05, 0.1) is 41.6 Å². The van der Waals surface area contributed by atoms with Crippen LogP contribution < -0.4 is 15.1 Å². The van der Waals surface area contributed by atoms with Crippen molar-refractivity contribution in [1.82, 2.24) is 25.3 Å². The Labute approximate surface area is 292 Å². The highest BCUT2D eigenvalue weighted by atomic mass is 32.2. The van der Waals surface area contributed by atoms with Crippen LogP contribution in [-0.4, -0.2) is 91.7 Å². The van der Waals surface area contributed by atoms with Crippen molar-refractivity contribution in [3.05, 3.63) is 42.0 Å². The van der Waals surface area contributed by atoms with Crippen LogP contribution in [0.4, 0.5) is 16.0 Å². The first-order valence-electron chi connectivity index (χ1n) is 17.9. The molecule has 4 aliphatic rings. The lowest BCUT2D eigenvalue weighted by atomic mass is 9.91. The Morgan fingerprint density at radius 2 is 1.80 bits per heavy atom. The van der Waals surface area contributed by atoms with E-state index < -0.39 is 10.0 Å². The standard InChI is InChI=1S/C35H46FN7O6S/c36-27-18-26(23-42-11-9-24(10-12-42)4-3-5-31(44)40-49-32-6-1-2-15-48-32)34-30(20-27)33(38-35(39-34)43-13-16-47-17-14-43)25-19-28(22-37-21-25)41-50(45,46)29-7-8-29/h18-22,24,29,32,41H,1-17,23H2,(H,40,44). The van der Waals surface area contributed by atoms with Gasteiger partial charge < -0.3 is 14.4 Å². The molecule has 1 aliphatic carbocycles. The number of likely N-dealkylation sites (tertiary alicyclic amines) is 1. The lowest BCUT2D eigenvalue weighted by Gasteiger charge is -2.32. The van der Waals surface area contributed by atoms with Crippen LogP contribution in [0.2, 0.25) is 0 Å². The highest BCUT2D eigenvalue weighted by molar-refractivity contribution is 7.93. The number of benzene rings is 1. The zero-order valence-corrected chi connectivity index (χ0v) is 29.1. The van der Waals surface area contributed by atoms with Gasteiger partial charge in [-0.3, -0.25) is 19.4 Å². The average Bonchev–Trinajstić information content (AvgIpc) is 3.99. The molecule has 3 saturated heterocycles. The number of anilines is 2. The number of rotatable bonds is 13. The second-order valence-corrected chi connectivity index (χ2v) is 15.8. The SMILES string of the molecule is O=C(CCCC1CCN(Cc2cc(F)cc3c(-c4cncc(NS(=O)(=O)C5CC5)c4)nc(N4CCOCC4)nc23)CC1)NOC1CCCCO1. The van der Waals surface area contributed by atoms with Crippen LogP contribution in [0.25, 0.3) is 22.2 Å². The van der Waals surface area contributed by atoms with E-state index in [1.165, 1.54) is 12.3 Å². The molecule has 1 unspecified atom stereocenters. The van der Waals surface area contributed by atoms with Gasteiger partial charge in [0.1, 0.15) is 5.82 Å². The maximum Gasteiger partial charge on any atom is 0.243 e. The number of hydrogen-bond donors (Lipinski definition) is 2. The van der Waals surface area contributed by atoms with E-state index in [0.29, 0.717) is 98.4 Å². The maximum absolute atomic E-state index is 15.4. The molecule has 270 valence electrons. The number of halogens is 1. The van der Waals surface area contributed by atoms with Gasteiger partial charge in [-0.25, -0.2) is 33.1 Å². The molecule has 5 heterocycles. The van der Waals surface area contributed by atoms with Crippen molar-refractivity contribution in [3.8, 4) is 11.3 Å². The number of ether oxygens (including phenoxy) is 2. The Kier molecular flexibility index (Phi) is 11.0. The maximum atomic E-state index is 15.4. The van der Waals surface area contributed by atoms with Gasteiger partial charge in [0.25, 0.3) is 0 Å². The third kappa shape index (κ3) is 8.86. The van der Waals surface area contributed by atoms with Crippen LogP contribution in [0, 0.1) is 11.7 Å². The first kappa shape index (κ1) is 34.9. The van der Waals surface area contributed by atoms with E-state index in [2.05, 4.69) is 25.0 Å². The fourth-order valence-electron chi connectivity index (χ4n) is 6.96. The first-order valence-corrected chi connectivity index (χ1v) is 19.4. The highest BCUT2D eigenvalue weighted by Gasteiger charge is 2.36. The Balaban J connectivity index is 1.04. The molecule has 0 bridgehead atoms. The summed E-state index contributed by atoms with van der Waals surface area (Å²) in [7, 11) is -3.49. The third-order valence-electron chi connectivity index (χ3n) is 9.92. The number of hydroxylamine groups is 1. The van der Waals surface area contributed by atoms with E-state index in [-0.39, 0.29) is 23.3 Å². The fourth-order valence-corrected chi connectivity index (χ4v) is 8.33. The van der Waals surface area contributed by atoms with Gasteiger partial charge in [-0.15, -0.1) is 0 Å². The average molecular weight is 712 g/mol. The van der Waals surface area contributed by atoms with Crippen LogP contribution in [0.15, 0.2) is 30.6 Å². The zero-order valence-electron chi connectivity index (χ0n) is 28.3. The van der Waals surface area contributed by atoms with Gasteiger partial charge in [0.15, 0.2) is 6.29 Å². The zero-order chi connectivity index (χ0) is 34.5. The molecule has 2 N–H and O–H groups in total. The van der Waals surface area contributed by atoms with Crippen molar-refractivity contribution < 1.29 is 31.9 Å². The Morgan fingerprint density at radius 1 is 0.980 bits per heavy atom. The first-order chi connectivity index (χ1) is 24.3. The molecule has 1 saturated carbocycles. The van der Waals surface area contributed by atoms with Crippen molar-refractivity contribution in [1.29, 1.82) is 0 Å². The van der Waals surface area contributed by atoms with Gasteiger partial charge in [-0.2, -0.15) is 0 Å².